The first kappa shape index (κ1) is 11.6. The van der Waals surface area contributed by atoms with Crippen LogP contribution in [-0.2, 0) is 6.42 Å². The molecule has 0 amide bonds. The standard InChI is InChI=1S/C13H19Cl/c1-3-11(2)5-4-6-12-7-9-13(14)10-8-12/h7-11H,3-6H2,1-2H3. The average molecular weight is 211 g/mol. The third-order valence-corrected chi connectivity index (χ3v) is 3.02. The third-order valence-electron chi connectivity index (χ3n) is 2.77. The first-order valence-corrected chi connectivity index (χ1v) is 5.84. The number of rotatable bonds is 5. The van der Waals surface area contributed by atoms with E-state index in [9.17, 15) is 0 Å². The lowest BCUT2D eigenvalue weighted by Crippen LogP contribution is -1.93. The Kier molecular flexibility index (Phi) is 5.03. The molecular formula is C13H19Cl. The van der Waals surface area contributed by atoms with Crippen molar-refractivity contribution in [2.24, 2.45) is 5.92 Å². The van der Waals surface area contributed by atoms with Gasteiger partial charge >= 0.3 is 0 Å². The van der Waals surface area contributed by atoms with Crippen LogP contribution in [0.1, 0.15) is 38.7 Å². The zero-order valence-corrected chi connectivity index (χ0v) is 9.85. The van der Waals surface area contributed by atoms with Crippen LogP contribution in [0.25, 0.3) is 0 Å². The van der Waals surface area contributed by atoms with Crippen molar-refractivity contribution in [1.82, 2.24) is 0 Å². The molecule has 0 aliphatic heterocycles. The van der Waals surface area contributed by atoms with E-state index in [4.69, 9.17) is 11.6 Å². The van der Waals surface area contributed by atoms with Crippen LogP contribution >= 0.6 is 11.6 Å². The molecule has 0 fully saturated rings. The van der Waals surface area contributed by atoms with Crippen LogP contribution in [0.15, 0.2) is 24.3 Å². The Balaban J connectivity index is 2.28. The van der Waals surface area contributed by atoms with Crippen molar-refractivity contribution in [3.8, 4) is 0 Å². The summed E-state index contributed by atoms with van der Waals surface area (Å²) in [5, 5.41) is 0.829. The first-order chi connectivity index (χ1) is 6.72. The Morgan fingerprint density at radius 1 is 1.21 bits per heavy atom. The fourth-order valence-corrected chi connectivity index (χ4v) is 1.64. The molecule has 0 saturated heterocycles. The number of hydrogen-bond acceptors (Lipinski definition) is 0. The van der Waals surface area contributed by atoms with Gasteiger partial charge in [0.1, 0.15) is 0 Å². The van der Waals surface area contributed by atoms with Crippen molar-refractivity contribution in [1.29, 1.82) is 0 Å². The zero-order chi connectivity index (χ0) is 10.4. The van der Waals surface area contributed by atoms with E-state index in [1.165, 1.54) is 31.2 Å². The average Bonchev–Trinajstić information content (AvgIpc) is 2.21. The predicted octanol–water partition coefficient (Wildman–Crippen LogP) is 4.71. The zero-order valence-electron chi connectivity index (χ0n) is 9.09. The molecule has 0 spiro atoms. The van der Waals surface area contributed by atoms with Gasteiger partial charge < -0.3 is 0 Å². The highest BCUT2D eigenvalue weighted by Gasteiger charge is 1.99. The number of hydrogen-bond donors (Lipinski definition) is 0. The van der Waals surface area contributed by atoms with Gasteiger partial charge in [-0.05, 0) is 36.5 Å². The van der Waals surface area contributed by atoms with E-state index < -0.39 is 0 Å². The minimum Gasteiger partial charge on any atom is -0.0843 e. The summed E-state index contributed by atoms with van der Waals surface area (Å²) in [5.41, 5.74) is 1.40. The highest BCUT2D eigenvalue weighted by Crippen LogP contribution is 2.14. The first-order valence-electron chi connectivity index (χ1n) is 5.46. The number of aryl methyl sites for hydroxylation is 1. The second-order valence-electron chi connectivity index (χ2n) is 4.03. The molecule has 1 aromatic carbocycles. The Morgan fingerprint density at radius 3 is 2.43 bits per heavy atom. The van der Waals surface area contributed by atoms with E-state index in [0.717, 1.165) is 10.9 Å². The molecule has 14 heavy (non-hydrogen) atoms. The maximum Gasteiger partial charge on any atom is 0.0406 e. The Bertz CT molecular complexity index is 250. The molecule has 1 rings (SSSR count). The normalized spacial score (nSPS) is 12.8. The SMILES string of the molecule is CCC(C)CCCc1ccc(Cl)cc1. The van der Waals surface area contributed by atoms with Crippen molar-refractivity contribution in [3.63, 3.8) is 0 Å². The fraction of sp³-hybridized carbons (Fsp3) is 0.538. The van der Waals surface area contributed by atoms with Gasteiger partial charge in [0.25, 0.3) is 0 Å². The van der Waals surface area contributed by atoms with Crippen LogP contribution in [0.5, 0.6) is 0 Å². The van der Waals surface area contributed by atoms with E-state index in [1.807, 2.05) is 12.1 Å². The van der Waals surface area contributed by atoms with Crippen LogP contribution in [-0.4, -0.2) is 0 Å². The van der Waals surface area contributed by atoms with Gasteiger partial charge in [0.15, 0.2) is 0 Å². The summed E-state index contributed by atoms with van der Waals surface area (Å²) >= 11 is 5.82. The molecule has 0 aromatic heterocycles. The molecule has 0 N–H and O–H groups in total. The summed E-state index contributed by atoms with van der Waals surface area (Å²) in [6.45, 7) is 4.58. The third kappa shape index (κ3) is 4.15. The van der Waals surface area contributed by atoms with Crippen LogP contribution in [0, 0.1) is 5.92 Å². The molecule has 1 atom stereocenters. The van der Waals surface area contributed by atoms with Gasteiger partial charge in [0.05, 0.1) is 0 Å². The van der Waals surface area contributed by atoms with Crippen molar-refractivity contribution in [2.75, 3.05) is 0 Å². The highest BCUT2D eigenvalue weighted by molar-refractivity contribution is 6.30. The highest BCUT2D eigenvalue weighted by atomic mass is 35.5. The molecule has 0 aliphatic rings. The summed E-state index contributed by atoms with van der Waals surface area (Å²) in [6.07, 6.45) is 5.10. The number of halogens is 1. The van der Waals surface area contributed by atoms with Crippen LogP contribution in [0.3, 0.4) is 0 Å². The van der Waals surface area contributed by atoms with E-state index >= 15 is 0 Å². The molecule has 0 radical (unpaired) electrons. The van der Waals surface area contributed by atoms with Crippen molar-refractivity contribution in [2.45, 2.75) is 39.5 Å². The van der Waals surface area contributed by atoms with Crippen molar-refractivity contribution < 1.29 is 0 Å². The maximum absolute atomic E-state index is 5.82. The molecular weight excluding hydrogens is 192 g/mol. The van der Waals surface area contributed by atoms with Gasteiger partial charge in [-0.2, -0.15) is 0 Å². The maximum atomic E-state index is 5.82. The van der Waals surface area contributed by atoms with Crippen LogP contribution in [0.2, 0.25) is 5.02 Å². The van der Waals surface area contributed by atoms with Crippen LogP contribution in [0.4, 0.5) is 0 Å². The molecule has 1 aromatic rings. The van der Waals surface area contributed by atoms with Gasteiger partial charge in [0.2, 0.25) is 0 Å². The predicted molar refractivity (Wildman–Crippen MR) is 63.8 cm³/mol. The lowest BCUT2D eigenvalue weighted by atomic mass is 9.99. The van der Waals surface area contributed by atoms with E-state index in [2.05, 4.69) is 26.0 Å². The fourth-order valence-electron chi connectivity index (χ4n) is 1.51. The van der Waals surface area contributed by atoms with Gasteiger partial charge in [-0.25, -0.2) is 0 Å². The topological polar surface area (TPSA) is 0 Å². The molecule has 0 aliphatic carbocycles. The summed E-state index contributed by atoms with van der Waals surface area (Å²) in [5.74, 6) is 0.863. The second kappa shape index (κ2) is 6.08. The smallest absolute Gasteiger partial charge is 0.0406 e. The largest absolute Gasteiger partial charge is 0.0843 e. The molecule has 1 unspecified atom stereocenters. The summed E-state index contributed by atoms with van der Waals surface area (Å²) < 4.78 is 0. The monoisotopic (exact) mass is 210 g/mol. The van der Waals surface area contributed by atoms with E-state index in [-0.39, 0.29) is 0 Å². The summed E-state index contributed by atoms with van der Waals surface area (Å²) in [4.78, 5) is 0. The second-order valence-corrected chi connectivity index (χ2v) is 4.47. The Morgan fingerprint density at radius 2 is 1.86 bits per heavy atom. The quantitative estimate of drug-likeness (QED) is 0.661. The molecule has 0 heterocycles. The van der Waals surface area contributed by atoms with Gasteiger partial charge in [-0.15, -0.1) is 0 Å². The minimum absolute atomic E-state index is 0.829. The van der Waals surface area contributed by atoms with Gasteiger partial charge in [-0.3, -0.25) is 0 Å². The lowest BCUT2D eigenvalue weighted by Gasteiger charge is -2.07. The Labute approximate surface area is 92.3 Å². The molecule has 0 saturated carbocycles. The van der Waals surface area contributed by atoms with Gasteiger partial charge in [0, 0.05) is 5.02 Å². The molecule has 1 heteroatoms. The van der Waals surface area contributed by atoms with E-state index in [0.29, 0.717) is 0 Å². The lowest BCUT2D eigenvalue weighted by molar-refractivity contribution is 0.496. The van der Waals surface area contributed by atoms with Gasteiger partial charge in [-0.1, -0.05) is 50.4 Å². The van der Waals surface area contributed by atoms with E-state index in [1.54, 1.807) is 0 Å². The van der Waals surface area contributed by atoms with Crippen molar-refractivity contribution in [3.05, 3.63) is 34.9 Å². The van der Waals surface area contributed by atoms with Crippen LogP contribution < -0.4 is 0 Å². The number of benzene rings is 1. The molecule has 0 bridgehead atoms. The molecule has 0 nitrogen and oxygen atoms in total. The minimum atomic E-state index is 0.829. The molecule has 78 valence electrons. The summed E-state index contributed by atoms with van der Waals surface area (Å²) in [7, 11) is 0. The Hall–Kier alpha value is -0.490. The summed E-state index contributed by atoms with van der Waals surface area (Å²) in [6, 6.07) is 8.19. The van der Waals surface area contributed by atoms with Crippen molar-refractivity contribution >= 4 is 11.6 Å².